The Kier molecular flexibility index (Phi) is 8.41. The van der Waals surface area contributed by atoms with Gasteiger partial charge in [-0.05, 0) is 38.3 Å². The van der Waals surface area contributed by atoms with Crippen molar-refractivity contribution >= 4 is 5.96 Å². The molecule has 3 aliphatic heterocycles. The molecule has 1 aromatic carbocycles. The molecule has 1 N–H and O–H groups in total. The highest BCUT2D eigenvalue weighted by atomic mass is 16.5. The molecule has 0 bridgehead atoms. The van der Waals surface area contributed by atoms with E-state index in [9.17, 15) is 0 Å². The average Bonchev–Trinajstić information content (AvgIpc) is 3.28. The zero-order valence-electron chi connectivity index (χ0n) is 20.1. The van der Waals surface area contributed by atoms with Crippen molar-refractivity contribution < 1.29 is 9.47 Å². The van der Waals surface area contributed by atoms with Crippen LogP contribution in [-0.4, -0.2) is 97.9 Å². The quantitative estimate of drug-likeness (QED) is 0.537. The number of guanidine groups is 1. The van der Waals surface area contributed by atoms with Crippen LogP contribution in [0.15, 0.2) is 29.3 Å². The predicted molar refractivity (Wildman–Crippen MR) is 129 cm³/mol. The molecular formula is C25H41N5O2. The zero-order valence-corrected chi connectivity index (χ0v) is 20.1. The van der Waals surface area contributed by atoms with Crippen molar-refractivity contribution in [3.8, 4) is 0 Å². The maximum atomic E-state index is 5.91. The van der Waals surface area contributed by atoms with Crippen LogP contribution in [0.3, 0.4) is 0 Å². The minimum absolute atomic E-state index is 0.291. The van der Waals surface area contributed by atoms with Crippen LogP contribution in [0.5, 0.6) is 0 Å². The second kappa shape index (κ2) is 11.5. The summed E-state index contributed by atoms with van der Waals surface area (Å²) < 4.78 is 11.4. The Labute approximate surface area is 193 Å². The summed E-state index contributed by atoms with van der Waals surface area (Å²) in [5.41, 5.74) is 2.69. The molecule has 7 nitrogen and oxygen atoms in total. The van der Waals surface area contributed by atoms with Crippen LogP contribution in [0.2, 0.25) is 0 Å². The molecule has 0 saturated carbocycles. The lowest BCUT2D eigenvalue weighted by Gasteiger charge is -2.35. The van der Waals surface area contributed by atoms with Crippen molar-refractivity contribution in [3.05, 3.63) is 35.4 Å². The van der Waals surface area contributed by atoms with E-state index >= 15 is 0 Å². The van der Waals surface area contributed by atoms with Crippen LogP contribution in [0.25, 0.3) is 0 Å². The Bertz CT molecular complexity index is 742. The molecule has 1 aromatic rings. The molecule has 0 amide bonds. The molecule has 0 aliphatic carbocycles. The Hall–Kier alpha value is -1.67. The number of hydrogen-bond donors (Lipinski definition) is 1. The van der Waals surface area contributed by atoms with Gasteiger partial charge in [0.05, 0.1) is 32.0 Å². The topological polar surface area (TPSA) is 52.6 Å². The first kappa shape index (κ1) is 23.5. The Morgan fingerprint density at radius 1 is 1.03 bits per heavy atom. The van der Waals surface area contributed by atoms with E-state index in [4.69, 9.17) is 14.5 Å². The maximum Gasteiger partial charge on any atom is 0.194 e. The van der Waals surface area contributed by atoms with E-state index in [0.29, 0.717) is 24.8 Å². The standard InChI is InChI=1S/C25H41N5O2/c1-4-26-25(30-10-9-24(19-30)29-11-13-31-14-12-29)27-15-22-7-5-6-8-23(22)18-28-16-20(2)32-21(3)17-28/h5-8,20-21,24H,4,9-19H2,1-3H3,(H,26,27). The second-order valence-corrected chi connectivity index (χ2v) is 9.43. The van der Waals surface area contributed by atoms with Gasteiger partial charge in [0.1, 0.15) is 0 Å². The van der Waals surface area contributed by atoms with Gasteiger partial charge in [-0.25, -0.2) is 4.99 Å². The summed E-state index contributed by atoms with van der Waals surface area (Å²) in [7, 11) is 0. The first-order valence-electron chi connectivity index (χ1n) is 12.4. The van der Waals surface area contributed by atoms with E-state index < -0.39 is 0 Å². The van der Waals surface area contributed by atoms with Gasteiger partial charge in [-0.3, -0.25) is 9.80 Å². The van der Waals surface area contributed by atoms with Crippen LogP contribution >= 0.6 is 0 Å². The van der Waals surface area contributed by atoms with Gasteiger partial charge in [-0.2, -0.15) is 0 Å². The molecule has 3 saturated heterocycles. The third kappa shape index (κ3) is 6.22. The third-order valence-corrected chi connectivity index (χ3v) is 6.77. The van der Waals surface area contributed by atoms with Crippen LogP contribution in [0.1, 0.15) is 38.3 Å². The zero-order chi connectivity index (χ0) is 22.3. The summed E-state index contributed by atoms with van der Waals surface area (Å²) >= 11 is 0. The van der Waals surface area contributed by atoms with Gasteiger partial charge in [0.15, 0.2) is 5.96 Å². The molecule has 0 radical (unpaired) electrons. The largest absolute Gasteiger partial charge is 0.379 e. The van der Waals surface area contributed by atoms with Gasteiger partial charge in [0.2, 0.25) is 0 Å². The molecule has 32 heavy (non-hydrogen) atoms. The third-order valence-electron chi connectivity index (χ3n) is 6.77. The maximum absolute atomic E-state index is 5.91. The average molecular weight is 444 g/mol. The number of ether oxygens (including phenoxy) is 2. The predicted octanol–water partition coefficient (Wildman–Crippen LogP) is 2.17. The van der Waals surface area contributed by atoms with Crippen molar-refractivity contribution in [1.82, 2.24) is 20.0 Å². The van der Waals surface area contributed by atoms with Gasteiger partial charge >= 0.3 is 0 Å². The summed E-state index contributed by atoms with van der Waals surface area (Å²) in [5, 5.41) is 3.54. The minimum atomic E-state index is 0.291. The highest BCUT2D eigenvalue weighted by molar-refractivity contribution is 5.80. The monoisotopic (exact) mass is 443 g/mol. The SMILES string of the molecule is CCNC(=NCc1ccccc1CN1CC(C)OC(C)C1)N1CCC(N2CCOCC2)C1. The number of likely N-dealkylation sites (tertiary alicyclic amines) is 1. The van der Waals surface area contributed by atoms with Crippen LogP contribution in [-0.2, 0) is 22.6 Å². The lowest BCUT2D eigenvalue weighted by atomic mass is 10.1. The fraction of sp³-hybridized carbons (Fsp3) is 0.720. The summed E-state index contributed by atoms with van der Waals surface area (Å²) in [6.45, 7) is 17.0. The number of hydrogen-bond acceptors (Lipinski definition) is 5. The van der Waals surface area contributed by atoms with E-state index in [-0.39, 0.29) is 0 Å². The number of rotatable bonds is 6. The molecule has 0 aromatic heterocycles. The number of morpholine rings is 2. The first-order chi connectivity index (χ1) is 15.6. The van der Waals surface area contributed by atoms with Crippen LogP contribution < -0.4 is 5.32 Å². The van der Waals surface area contributed by atoms with Crippen molar-refractivity contribution in [2.45, 2.75) is 58.5 Å². The van der Waals surface area contributed by atoms with E-state index in [1.54, 1.807) is 0 Å². The van der Waals surface area contributed by atoms with Crippen molar-refractivity contribution in [3.63, 3.8) is 0 Å². The van der Waals surface area contributed by atoms with Crippen molar-refractivity contribution in [1.29, 1.82) is 0 Å². The number of aliphatic imine (C=N–C) groups is 1. The Balaban J connectivity index is 1.40. The van der Waals surface area contributed by atoms with Crippen molar-refractivity contribution in [2.24, 2.45) is 4.99 Å². The van der Waals surface area contributed by atoms with Crippen LogP contribution in [0, 0.1) is 0 Å². The molecule has 4 rings (SSSR count). The molecule has 7 heteroatoms. The first-order valence-corrected chi connectivity index (χ1v) is 12.4. The lowest BCUT2D eigenvalue weighted by molar-refractivity contribution is -0.0705. The number of nitrogens with one attached hydrogen (secondary N) is 1. The molecular weight excluding hydrogens is 402 g/mol. The molecule has 3 unspecified atom stereocenters. The summed E-state index contributed by atoms with van der Waals surface area (Å²) in [6, 6.07) is 9.38. The molecule has 3 heterocycles. The molecule has 3 fully saturated rings. The molecule has 3 atom stereocenters. The molecule has 3 aliphatic rings. The van der Waals surface area contributed by atoms with Gasteiger partial charge in [-0.1, -0.05) is 24.3 Å². The van der Waals surface area contributed by atoms with E-state index in [1.165, 1.54) is 17.5 Å². The van der Waals surface area contributed by atoms with E-state index in [2.05, 4.69) is 65.1 Å². The Morgan fingerprint density at radius 2 is 1.75 bits per heavy atom. The fourth-order valence-electron chi connectivity index (χ4n) is 5.28. The highest BCUT2D eigenvalue weighted by Gasteiger charge is 2.30. The normalized spacial score (nSPS) is 28.3. The number of nitrogens with zero attached hydrogens (tertiary/aromatic N) is 4. The summed E-state index contributed by atoms with van der Waals surface area (Å²) in [6.07, 6.45) is 1.78. The van der Waals surface area contributed by atoms with Crippen LogP contribution in [0.4, 0.5) is 0 Å². The molecule has 0 spiro atoms. The summed E-state index contributed by atoms with van der Waals surface area (Å²) in [5.74, 6) is 1.05. The smallest absolute Gasteiger partial charge is 0.194 e. The number of benzene rings is 1. The highest BCUT2D eigenvalue weighted by Crippen LogP contribution is 2.20. The van der Waals surface area contributed by atoms with Crippen molar-refractivity contribution in [2.75, 3.05) is 59.0 Å². The minimum Gasteiger partial charge on any atom is -0.379 e. The van der Waals surface area contributed by atoms with E-state index in [1.807, 2.05) is 0 Å². The van der Waals surface area contributed by atoms with Gasteiger partial charge in [0, 0.05) is 58.4 Å². The lowest BCUT2D eigenvalue weighted by Crippen LogP contribution is -2.46. The van der Waals surface area contributed by atoms with Gasteiger partial charge < -0.3 is 19.7 Å². The van der Waals surface area contributed by atoms with E-state index in [0.717, 1.165) is 71.5 Å². The van der Waals surface area contributed by atoms with Gasteiger partial charge in [-0.15, -0.1) is 0 Å². The summed E-state index contributed by atoms with van der Waals surface area (Å²) in [4.78, 5) is 12.6. The molecule has 178 valence electrons. The Morgan fingerprint density at radius 3 is 2.47 bits per heavy atom. The second-order valence-electron chi connectivity index (χ2n) is 9.43. The van der Waals surface area contributed by atoms with Gasteiger partial charge in [0.25, 0.3) is 0 Å². The fourth-order valence-corrected chi connectivity index (χ4v) is 5.28.